The van der Waals surface area contributed by atoms with Crippen molar-refractivity contribution in [1.29, 1.82) is 0 Å². The molecule has 2 aromatic heterocycles. The molecule has 3 aromatic rings. The van der Waals surface area contributed by atoms with E-state index in [4.69, 9.17) is 9.72 Å². The molecule has 4 rings (SSSR count). The van der Waals surface area contributed by atoms with Gasteiger partial charge in [0.25, 0.3) is 5.91 Å². The van der Waals surface area contributed by atoms with Gasteiger partial charge in [-0.05, 0) is 42.9 Å². The summed E-state index contributed by atoms with van der Waals surface area (Å²) in [4.78, 5) is 23.9. The van der Waals surface area contributed by atoms with Gasteiger partial charge in [-0.2, -0.15) is 0 Å². The van der Waals surface area contributed by atoms with Gasteiger partial charge in [-0.25, -0.2) is 4.98 Å². The van der Waals surface area contributed by atoms with Crippen LogP contribution < -0.4 is 4.90 Å². The number of nitrogens with zero attached hydrogens (tertiary/aromatic N) is 5. The van der Waals surface area contributed by atoms with Crippen LogP contribution in [0.2, 0.25) is 0 Å². The number of rotatable bonds is 6. The molecule has 11 heteroatoms. The van der Waals surface area contributed by atoms with Gasteiger partial charge >= 0.3 is 0 Å². The summed E-state index contributed by atoms with van der Waals surface area (Å²) in [7, 11) is 0. The maximum absolute atomic E-state index is 13.3. The number of aromatic nitrogens is 3. The van der Waals surface area contributed by atoms with E-state index >= 15 is 0 Å². The van der Waals surface area contributed by atoms with Gasteiger partial charge in [-0.15, -0.1) is 29.3 Å². The van der Waals surface area contributed by atoms with Gasteiger partial charge in [0, 0.05) is 31.1 Å². The van der Waals surface area contributed by atoms with E-state index < -0.39 is 0 Å². The van der Waals surface area contributed by atoms with Crippen LogP contribution in [0.25, 0.3) is 10.2 Å². The summed E-state index contributed by atoms with van der Waals surface area (Å²) in [5.74, 6) is -0.0788. The number of halogens is 1. The number of ether oxygens (including phenoxy) is 1. The summed E-state index contributed by atoms with van der Waals surface area (Å²) in [6.45, 7) is 6.44. The number of aryl methyl sites for hydroxylation is 1. The minimum atomic E-state index is -0.0788. The standard InChI is InChI=1S/C18H21N5O2S3.ClH/c1-12-16(28-21-20-12)17(24)23(6-5-22-7-9-25-10-8-22)18-19-14-4-3-13(26-2)11-15(14)27-18;/h3-4,11H,5-10H2,1-2H3;1H. The molecule has 0 aliphatic carbocycles. The number of benzene rings is 1. The van der Waals surface area contributed by atoms with Crippen molar-refractivity contribution >= 4 is 68.3 Å². The van der Waals surface area contributed by atoms with E-state index in [2.05, 4.69) is 32.9 Å². The van der Waals surface area contributed by atoms with E-state index in [9.17, 15) is 4.79 Å². The Morgan fingerprint density at radius 3 is 2.83 bits per heavy atom. The molecule has 7 nitrogen and oxygen atoms in total. The number of carbonyl (C=O) groups excluding carboxylic acids is 1. The first-order chi connectivity index (χ1) is 13.7. The molecule has 1 amide bonds. The number of fused-ring (bicyclic) bond motifs is 1. The quantitative estimate of drug-likeness (QED) is 0.509. The third-order valence-electron chi connectivity index (χ3n) is 4.65. The van der Waals surface area contributed by atoms with Gasteiger partial charge in [-0.1, -0.05) is 15.8 Å². The van der Waals surface area contributed by atoms with Gasteiger partial charge in [0.05, 0.1) is 29.1 Å². The highest BCUT2D eigenvalue weighted by atomic mass is 35.5. The van der Waals surface area contributed by atoms with Crippen molar-refractivity contribution in [3.8, 4) is 0 Å². The lowest BCUT2D eigenvalue weighted by Crippen LogP contribution is -2.43. The largest absolute Gasteiger partial charge is 0.379 e. The molecule has 0 atom stereocenters. The van der Waals surface area contributed by atoms with Crippen molar-refractivity contribution in [3.05, 3.63) is 28.8 Å². The maximum Gasteiger partial charge on any atom is 0.273 e. The first-order valence-electron chi connectivity index (χ1n) is 9.01. The predicted octanol–water partition coefficient (Wildman–Crippen LogP) is 3.58. The summed E-state index contributed by atoms with van der Waals surface area (Å²) in [6.07, 6.45) is 2.06. The molecular formula is C18H22ClN5O2S3. The fraction of sp³-hybridized carbons (Fsp3) is 0.444. The summed E-state index contributed by atoms with van der Waals surface area (Å²) >= 11 is 4.40. The monoisotopic (exact) mass is 471 g/mol. The molecule has 3 heterocycles. The molecular weight excluding hydrogens is 450 g/mol. The Bertz CT molecular complexity index is 973. The Balaban J connectivity index is 0.00000240. The van der Waals surface area contributed by atoms with Crippen molar-refractivity contribution < 1.29 is 9.53 Å². The lowest BCUT2D eigenvalue weighted by molar-refractivity contribution is 0.0391. The molecule has 0 N–H and O–H groups in total. The fourth-order valence-electron chi connectivity index (χ4n) is 3.04. The number of morpholine rings is 1. The van der Waals surface area contributed by atoms with Crippen LogP contribution in [-0.2, 0) is 4.74 Å². The summed E-state index contributed by atoms with van der Waals surface area (Å²) in [5, 5.41) is 4.73. The first-order valence-corrected chi connectivity index (χ1v) is 11.8. The molecule has 29 heavy (non-hydrogen) atoms. The molecule has 0 unspecified atom stereocenters. The number of carbonyl (C=O) groups is 1. The van der Waals surface area contributed by atoms with Crippen LogP contribution in [0, 0.1) is 6.92 Å². The van der Waals surface area contributed by atoms with Crippen LogP contribution in [0.3, 0.4) is 0 Å². The van der Waals surface area contributed by atoms with Gasteiger partial charge in [0.15, 0.2) is 5.13 Å². The van der Waals surface area contributed by atoms with E-state index in [0.29, 0.717) is 17.1 Å². The van der Waals surface area contributed by atoms with E-state index in [1.54, 1.807) is 28.0 Å². The van der Waals surface area contributed by atoms with Crippen molar-refractivity contribution in [2.24, 2.45) is 0 Å². The van der Waals surface area contributed by atoms with Gasteiger partial charge in [-0.3, -0.25) is 14.6 Å². The Morgan fingerprint density at radius 2 is 2.14 bits per heavy atom. The van der Waals surface area contributed by atoms with Crippen molar-refractivity contribution in [2.75, 3.05) is 50.5 Å². The number of thioether (sulfide) groups is 1. The topological polar surface area (TPSA) is 71.5 Å². The van der Waals surface area contributed by atoms with Gasteiger partial charge in [0.2, 0.25) is 0 Å². The number of thiazole rings is 1. The zero-order valence-electron chi connectivity index (χ0n) is 16.2. The predicted molar refractivity (Wildman–Crippen MR) is 122 cm³/mol. The normalized spacial score (nSPS) is 14.7. The SMILES string of the molecule is CSc1ccc2nc(N(CCN3CCOCC3)C(=O)c3snnc3C)sc2c1.Cl. The van der Waals surface area contributed by atoms with Gasteiger partial charge < -0.3 is 4.74 Å². The minimum Gasteiger partial charge on any atom is -0.379 e. The fourth-order valence-corrected chi connectivity index (χ4v) is 5.19. The Hall–Kier alpha value is -1.30. The maximum atomic E-state index is 13.3. The molecule has 156 valence electrons. The molecule has 0 radical (unpaired) electrons. The number of hydrogen-bond donors (Lipinski definition) is 0. The van der Waals surface area contributed by atoms with Crippen LogP contribution in [0.5, 0.6) is 0 Å². The zero-order chi connectivity index (χ0) is 19.5. The zero-order valence-corrected chi connectivity index (χ0v) is 19.4. The molecule has 1 fully saturated rings. The van der Waals surface area contributed by atoms with E-state index in [0.717, 1.165) is 59.7 Å². The van der Waals surface area contributed by atoms with E-state index in [-0.39, 0.29) is 18.3 Å². The molecule has 1 aliphatic rings. The van der Waals surface area contributed by atoms with Crippen LogP contribution in [-0.4, -0.2) is 71.0 Å². The summed E-state index contributed by atoms with van der Waals surface area (Å²) in [6, 6.07) is 6.21. The third-order valence-corrected chi connectivity index (χ3v) is 7.23. The number of hydrogen-bond acceptors (Lipinski definition) is 9. The van der Waals surface area contributed by atoms with Crippen molar-refractivity contribution in [2.45, 2.75) is 11.8 Å². The van der Waals surface area contributed by atoms with E-state index in [1.165, 1.54) is 4.90 Å². The highest BCUT2D eigenvalue weighted by molar-refractivity contribution is 7.98. The summed E-state index contributed by atoms with van der Waals surface area (Å²) in [5.41, 5.74) is 1.58. The molecule has 1 saturated heterocycles. The van der Waals surface area contributed by atoms with Crippen LogP contribution >= 0.6 is 47.0 Å². The Morgan fingerprint density at radius 1 is 1.34 bits per heavy atom. The average Bonchev–Trinajstić information content (AvgIpc) is 3.34. The van der Waals surface area contributed by atoms with E-state index in [1.807, 2.05) is 13.0 Å². The molecule has 0 spiro atoms. The molecule has 1 aromatic carbocycles. The lowest BCUT2D eigenvalue weighted by Gasteiger charge is -2.29. The molecule has 0 saturated carbocycles. The second-order valence-electron chi connectivity index (χ2n) is 6.43. The molecule has 0 bridgehead atoms. The lowest BCUT2D eigenvalue weighted by atomic mass is 10.3. The summed E-state index contributed by atoms with van der Waals surface area (Å²) < 4.78 is 10.4. The van der Waals surface area contributed by atoms with Crippen LogP contribution in [0.15, 0.2) is 23.1 Å². The number of anilines is 1. The van der Waals surface area contributed by atoms with Crippen LogP contribution in [0.4, 0.5) is 5.13 Å². The van der Waals surface area contributed by atoms with Crippen LogP contribution in [0.1, 0.15) is 15.4 Å². The molecule has 1 aliphatic heterocycles. The highest BCUT2D eigenvalue weighted by Gasteiger charge is 2.26. The third kappa shape index (κ3) is 5.07. The smallest absolute Gasteiger partial charge is 0.273 e. The Labute approximate surface area is 188 Å². The average molecular weight is 472 g/mol. The second kappa shape index (κ2) is 10.1. The second-order valence-corrected chi connectivity index (χ2v) is 9.07. The first kappa shape index (κ1) is 22.4. The van der Waals surface area contributed by atoms with Gasteiger partial charge in [0.1, 0.15) is 4.88 Å². The van der Waals surface area contributed by atoms with Crippen molar-refractivity contribution in [1.82, 2.24) is 19.5 Å². The van der Waals surface area contributed by atoms with Crippen molar-refractivity contribution in [3.63, 3.8) is 0 Å². The Kier molecular flexibility index (Phi) is 7.83. The minimum absolute atomic E-state index is 0. The highest BCUT2D eigenvalue weighted by Crippen LogP contribution is 2.32. The number of amides is 1.